The molecule has 2 heterocycles. The van der Waals surface area contributed by atoms with Crippen molar-refractivity contribution in [2.24, 2.45) is 0 Å². The van der Waals surface area contributed by atoms with E-state index in [0.29, 0.717) is 5.16 Å². The molecular formula is C7H9N3O2S2. The van der Waals surface area contributed by atoms with Crippen molar-refractivity contribution in [1.29, 1.82) is 0 Å². The first-order chi connectivity index (χ1) is 6.57. The first-order valence-corrected chi connectivity index (χ1v) is 6.59. The summed E-state index contributed by atoms with van der Waals surface area (Å²) in [5.41, 5.74) is 0.867. The fourth-order valence-electron chi connectivity index (χ4n) is 1.26. The summed E-state index contributed by atoms with van der Waals surface area (Å²) in [4.78, 5) is 3.94. The van der Waals surface area contributed by atoms with Crippen molar-refractivity contribution in [2.45, 2.75) is 17.3 Å². The van der Waals surface area contributed by atoms with Crippen LogP contribution in [0.2, 0.25) is 0 Å². The number of thioether (sulfide) groups is 1. The van der Waals surface area contributed by atoms with Gasteiger partial charge in [0.2, 0.25) is 0 Å². The number of rotatable bonds is 2. The molecule has 14 heavy (non-hydrogen) atoms. The third kappa shape index (κ3) is 1.98. The van der Waals surface area contributed by atoms with Gasteiger partial charge in [0.25, 0.3) is 0 Å². The highest BCUT2D eigenvalue weighted by Gasteiger charge is 2.28. The number of nitrogens with one attached hydrogen (secondary N) is 1. The number of H-pyrrole nitrogens is 1. The Bertz CT molecular complexity index is 449. The largest absolute Gasteiger partial charge is 0.254 e. The second kappa shape index (κ2) is 3.39. The fourth-order valence-corrected chi connectivity index (χ4v) is 4.44. The Morgan fingerprint density at radius 1 is 1.64 bits per heavy atom. The van der Waals surface area contributed by atoms with Crippen LogP contribution >= 0.6 is 11.8 Å². The molecule has 0 spiro atoms. The quantitative estimate of drug-likeness (QED) is 0.806. The van der Waals surface area contributed by atoms with Crippen molar-refractivity contribution in [2.75, 3.05) is 5.75 Å². The first-order valence-electron chi connectivity index (χ1n) is 4.00. The van der Waals surface area contributed by atoms with E-state index in [-0.39, 0.29) is 11.0 Å². The molecule has 0 saturated carbocycles. The topological polar surface area (TPSA) is 75.7 Å². The van der Waals surface area contributed by atoms with E-state index in [0.717, 1.165) is 5.57 Å². The van der Waals surface area contributed by atoms with Crippen LogP contribution in [0.5, 0.6) is 0 Å². The highest BCUT2D eigenvalue weighted by molar-refractivity contribution is 8.02. The second-order valence-corrected chi connectivity index (χ2v) is 6.17. The van der Waals surface area contributed by atoms with Crippen molar-refractivity contribution in [3.8, 4) is 0 Å². The molecule has 2 rings (SSSR count). The monoisotopic (exact) mass is 231 g/mol. The summed E-state index contributed by atoms with van der Waals surface area (Å²) < 4.78 is 22.5. The molecule has 1 aliphatic heterocycles. The van der Waals surface area contributed by atoms with E-state index in [4.69, 9.17) is 0 Å². The molecule has 0 amide bonds. The van der Waals surface area contributed by atoms with Crippen LogP contribution in [0.15, 0.2) is 22.5 Å². The molecule has 1 aromatic heterocycles. The van der Waals surface area contributed by atoms with Crippen LogP contribution in [-0.4, -0.2) is 34.6 Å². The van der Waals surface area contributed by atoms with Crippen LogP contribution in [0.25, 0.3) is 0 Å². The number of aromatic amines is 1. The molecule has 0 saturated heterocycles. The Balaban J connectivity index is 2.13. The predicted molar refractivity (Wildman–Crippen MR) is 53.6 cm³/mol. The lowest BCUT2D eigenvalue weighted by Crippen LogP contribution is -2.09. The molecule has 76 valence electrons. The average molecular weight is 231 g/mol. The van der Waals surface area contributed by atoms with Crippen molar-refractivity contribution in [1.82, 2.24) is 15.2 Å². The number of nitrogens with zero attached hydrogens (tertiary/aromatic N) is 2. The van der Waals surface area contributed by atoms with Gasteiger partial charge in [-0.15, -0.1) is 0 Å². The maximum Gasteiger partial charge on any atom is 0.184 e. The third-order valence-corrected chi connectivity index (χ3v) is 4.89. The molecule has 1 aromatic rings. The Labute approximate surface area is 85.9 Å². The molecule has 0 unspecified atom stereocenters. The van der Waals surface area contributed by atoms with Crippen molar-refractivity contribution >= 4 is 21.6 Å². The van der Waals surface area contributed by atoms with E-state index in [9.17, 15) is 8.42 Å². The van der Waals surface area contributed by atoms with E-state index in [1.807, 2.05) is 6.92 Å². The molecule has 0 fully saturated rings. The van der Waals surface area contributed by atoms with Gasteiger partial charge in [-0.05, 0) is 12.5 Å². The SMILES string of the molecule is CC1=CS(=O)(=O)C[C@H]1Sc1ncn[nH]1. The summed E-state index contributed by atoms with van der Waals surface area (Å²) in [6.45, 7) is 1.82. The van der Waals surface area contributed by atoms with Gasteiger partial charge in [-0.3, -0.25) is 5.10 Å². The van der Waals surface area contributed by atoms with E-state index >= 15 is 0 Å². The average Bonchev–Trinajstić information content (AvgIpc) is 2.61. The third-order valence-electron chi connectivity index (χ3n) is 1.90. The standard InChI is InChI=1S/C7H9N3O2S2/c1-5-2-14(11,12)3-6(5)13-7-8-4-9-10-7/h2,4,6H,3H2,1H3,(H,8,9,10)/t6-/m1/s1. The number of hydrogen-bond acceptors (Lipinski definition) is 5. The normalized spacial score (nSPS) is 24.9. The minimum Gasteiger partial charge on any atom is -0.254 e. The molecule has 1 N–H and O–H groups in total. The van der Waals surface area contributed by atoms with Gasteiger partial charge in [0, 0.05) is 10.7 Å². The number of hydrogen-bond donors (Lipinski definition) is 1. The summed E-state index contributed by atoms with van der Waals surface area (Å²) in [6, 6.07) is 0. The van der Waals surface area contributed by atoms with E-state index in [1.54, 1.807) is 0 Å². The summed E-state index contributed by atoms with van der Waals surface area (Å²) in [7, 11) is -2.99. The fraction of sp³-hybridized carbons (Fsp3) is 0.429. The van der Waals surface area contributed by atoms with Gasteiger partial charge in [0.05, 0.1) is 5.75 Å². The zero-order valence-electron chi connectivity index (χ0n) is 7.47. The summed E-state index contributed by atoms with van der Waals surface area (Å²) in [6.07, 6.45) is 1.41. The summed E-state index contributed by atoms with van der Waals surface area (Å²) in [5.74, 6) is 0.157. The van der Waals surface area contributed by atoms with Crippen LogP contribution in [0, 0.1) is 0 Å². The first kappa shape index (κ1) is 9.72. The van der Waals surface area contributed by atoms with Gasteiger partial charge in [-0.1, -0.05) is 11.8 Å². The Morgan fingerprint density at radius 3 is 2.93 bits per heavy atom. The van der Waals surface area contributed by atoms with Crippen molar-refractivity contribution < 1.29 is 8.42 Å². The molecule has 1 atom stereocenters. The Morgan fingerprint density at radius 2 is 2.43 bits per heavy atom. The minimum absolute atomic E-state index is 0.0343. The van der Waals surface area contributed by atoms with Crippen LogP contribution < -0.4 is 0 Å². The Kier molecular flexibility index (Phi) is 2.36. The van der Waals surface area contributed by atoms with E-state index in [1.165, 1.54) is 23.5 Å². The van der Waals surface area contributed by atoms with Gasteiger partial charge >= 0.3 is 0 Å². The molecule has 0 bridgehead atoms. The molecule has 5 nitrogen and oxygen atoms in total. The van der Waals surface area contributed by atoms with Gasteiger partial charge in [-0.25, -0.2) is 13.4 Å². The lowest BCUT2D eigenvalue weighted by molar-refractivity contribution is 0.606. The summed E-state index contributed by atoms with van der Waals surface area (Å²) in [5, 5.41) is 8.34. The zero-order chi connectivity index (χ0) is 10.2. The van der Waals surface area contributed by atoms with Crippen LogP contribution in [0.4, 0.5) is 0 Å². The number of sulfone groups is 1. The zero-order valence-corrected chi connectivity index (χ0v) is 9.10. The maximum absolute atomic E-state index is 11.2. The van der Waals surface area contributed by atoms with Crippen LogP contribution in [0.1, 0.15) is 6.92 Å². The highest BCUT2D eigenvalue weighted by atomic mass is 32.2. The smallest absolute Gasteiger partial charge is 0.184 e. The lowest BCUT2D eigenvalue weighted by atomic mass is 10.3. The van der Waals surface area contributed by atoms with Crippen LogP contribution in [0.3, 0.4) is 0 Å². The van der Waals surface area contributed by atoms with E-state index in [2.05, 4.69) is 15.2 Å². The molecule has 1 aliphatic rings. The van der Waals surface area contributed by atoms with Gasteiger partial charge in [0.1, 0.15) is 6.33 Å². The van der Waals surface area contributed by atoms with Gasteiger partial charge in [-0.2, -0.15) is 5.10 Å². The summed E-state index contributed by atoms with van der Waals surface area (Å²) >= 11 is 1.39. The molecule has 7 heteroatoms. The van der Waals surface area contributed by atoms with Crippen LogP contribution in [-0.2, 0) is 9.84 Å². The second-order valence-electron chi connectivity index (χ2n) is 3.09. The lowest BCUT2D eigenvalue weighted by Gasteiger charge is -2.06. The molecular weight excluding hydrogens is 222 g/mol. The predicted octanol–water partition coefficient (Wildman–Crippen LogP) is 0.598. The van der Waals surface area contributed by atoms with Crippen molar-refractivity contribution in [3.05, 3.63) is 17.3 Å². The minimum atomic E-state index is -2.99. The highest BCUT2D eigenvalue weighted by Crippen LogP contribution is 2.31. The van der Waals surface area contributed by atoms with Gasteiger partial charge in [0.15, 0.2) is 15.0 Å². The molecule has 0 aliphatic carbocycles. The van der Waals surface area contributed by atoms with E-state index < -0.39 is 9.84 Å². The number of aromatic nitrogens is 3. The van der Waals surface area contributed by atoms with Gasteiger partial charge < -0.3 is 0 Å². The van der Waals surface area contributed by atoms with Crippen molar-refractivity contribution in [3.63, 3.8) is 0 Å². The Hall–Kier alpha value is -0.820. The molecule has 0 radical (unpaired) electrons. The maximum atomic E-state index is 11.2. The molecule has 0 aromatic carbocycles.